The maximum atomic E-state index is 11.1. The first-order valence-corrected chi connectivity index (χ1v) is 6.65. The van der Waals surface area contributed by atoms with Crippen molar-refractivity contribution in [1.82, 2.24) is 19.5 Å². The highest BCUT2D eigenvalue weighted by Gasteiger charge is 2.08. The summed E-state index contributed by atoms with van der Waals surface area (Å²) in [6, 6.07) is 1.93. The van der Waals surface area contributed by atoms with Crippen LogP contribution in [-0.4, -0.2) is 19.5 Å². The average molecular weight is 278 g/mol. The van der Waals surface area contributed by atoms with Gasteiger partial charge in [-0.05, 0) is 30.8 Å². The van der Waals surface area contributed by atoms with Gasteiger partial charge in [-0.25, -0.2) is 4.98 Å². The molecule has 3 aromatic rings. The molecule has 0 radical (unpaired) electrons. The topological polar surface area (TPSA) is 66.5 Å². The first-order chi connectivity index (χ1) is 8.65. The molecule has 0 bridgehead atoms. The van der Waals surface area contributed by atoms with E-state index >= 15 is 0 Å². The number of hydrogen-bond acceptors (Lipinski definition) is 4. The summed E-state index contributed by atoms with van der Waals surface area (Å²) < 4.78 is 2.49. The highest BCUT2D eigenvalue weighted by atomic mass is 32.1. The average Bonchev–Trinajstić information content (AvgIpc) is 2.87. The number of fused-ring (bicyclic) bond motifs is 1. The van der Waals surface area contributed by atoms with Crippen LogP contribution in [0.5, 0.6) is 0 Å². The van der Waals surface area contributed by atoms with E-state index in [-0.39, 0.29) is 4.87 Å². The molecule has 3 heterocycles. The molecular weight excluding hydrogens is 268 g/mol. The quantitative estimate of drug-likeness (QED) is 0.706. The molecule has 0 unspecified atom stereocenters. The number of imidazole rings is 1. The first kappa shape index (κ1) is 11.4. The number of rotatable bonds is 2. The third kappa shape index (κ3) is 1.81. The molecule has 3 rings (SSSR count). The van der Waals surface area contributed by atoms with Gasteiger partial charge in [0.1, 0.15) is 0 Å². The van der Waals surface area contributed by atoms with Crippen LogP contribution in [0.2, 0.25) is 0 Å². The zero-order chi connectivity index (χ0) is 12.7. The van der Waals surface area contributed by atoms with E-state index in [9.17, 15) is 4.79 Å². The predicted octanol–water partition coefficient (Wildman–Crippen LogP) is 2.20. The van der Waals surface area contributed by atoms with Gasteiger partial charge in [-0.3, -0.25) is 9.36 Å². The van der Waals surface area contributed by atoms with Gasteiger partial charge >= 0.3 is 4.87 Å². The second-order valence-electron chi connectivity index (χ2n) is 4.02. The fourth-order valence-corrected chi connectivity index (χ4v) is 2.71. The SMILES string of the molecule is Cc1ccnc2c1[nH]c(=S)n2Cc1csc(=O)[nH]1. The van der Waals surface area contributed by atoms with Gasteiger partial charge in [0.05, 0.1) is 12.1 Å². The number of aryl methyl sites for hydroxylation is 1. The Hall–Kier alpha value is -1.73. The molecule has 92 valence electrons. The van der Waals surface area contributed by atoms with E-state index in [1.165, 1.54) is 0 Å². The van der Waals surface area contributed by atoms with Crippen LogP contribution in [0, 0.1) is 11.7 Å². The van der Waals surface area contributed by atoms with Crippen LogP contribution < -0.4 is 4.87 Å². The number of aromatic amines is 2. The molecule has 7 heteroatoms. The van der Waals surface area contributed by atoms with Gasteiger partial charge in [-0.2, -0.15) is 0 Å². The third-order valence-corrected chi connectivity index (χ3v) is 3.81. The molecule has 0 aliphatic carbocycles. The molecule has 5 nitrogen and oxygen atoms in total. The number of aromatic nitrogens is 4. The first-order valence-electron chi connectivity index (χ1n) is 5.36. The fourth-order valence-electron chi connectivity index (χ4n) is 1.88. The van der Waals surface area contributed by atoms with Crippen molar-refractivity contribution in [2.24, 2.45) is 0 Å². The van der Waals surface area contributed by atoms with Crippen LogP contribution in [0.1, 0.15) is 11.3 Å². The number of pyridine rings is 1. The molecule has 0 saturated heterocycles. The van der Waals surface area contributed by atoms with Gasteiger partial charge in [-0.1, -0.05) is 11.3 Å². The lowest BCUT2D eigenvalue weighted by molar-refractivity contribution is 0.780. The predicted molar refractivity (Wildman–Crippen MR) is 73.7 cm³/mol. The molecule has 0 atom stereocenters. The van der Waals surface area contributed by atoms with Gasteiger partial charge < -0.3 is 9.97 Å². The number of nitrogens with zero attached hydrogens (tertiary/aromatic N) is 2. The molecule has 18 heavy (non-hydrogen) atoms. The molecule has 0 fully saturated rings. The molecule has 0 aliphatic heterocycles. The van der Waals surface area contributed by atoms with E-state index in [1.54, 1.807) is 11.6 Å². The number of H-pyrrole nitrogens is 2. The summed E-state index contributed by atoms with van der Waals surface area (Å²) in [4.78, 5) is 21.3. The van der Waals surface area contributed by atoms with Crippen molar-refractivity contribution in [3.05, 3.63) is 43.3 Å². The molecule has 0 spiro atoms. The van der Waals surface area contributed by atoms with Crippen molar-refractivity contribution in [3.63, 3.8) is 0 Å². The summed E-state index contributed by atoms with van der Waals surface area (Å²) in [7, 11) is 0. The van der Waals surface area contributed by atoms with Crippen molar-refractivity contribution in [2.75, 3.05) is 0 Å². The van der Waals surface area contributed by atoms with Crippen molar-refractivity contribution >= 4 is 34.7 Å². The summed E-state index contributed by atoms with van der Waals surface area (Å²) in [5.74, 6) is 0. The van der Waals surface area contributed by atoms with Crippen LogP contribution in [0.15, 0.2) is 22.4 Å². The molecule has 0 saturated carbocycles. The van der Waals surface area contributed by atoms with E-state index < -0.39 is 0 Å². The number of hydrogen-bond donors (Lipinski definition) is 2. The maximum absolute atomic E-state index is 11.1. The molecular formula is C11H10N4OS2. The van der Waals surface area contributed by atoms with Crippen molar-refractivity contribution in [2.45, 2.75) is 13.5 Å². The summed E-state index contributed by atoms with van der Waals surface area (Å²) in [5.41, 5.74) is 3.70. The van der Waals surface area contributed by atoms with Crippen LogP contribution in [-0.2, 0) is 6.54 Å². The van der Waals surface area contributed by atoms with Crippen molar-refractivity contribution < 1.29 is 0 Å². The normalized spacial score (nSPS) is 11.2. The van der Waals surface area contributed by atoms with Crippen LogP contribution in [0.4, 0.5) is 0 Å². The van der Waals surface area contributed by atoms with Gasteiger partial charge in [0.2, 0.25) is 0 Å². The Balaban J connectivity index is 2.17. The van der Waals surface area contributed by atoms with Gasteiger partial charge in [0.15, 0.2) is 10.4 Å². The zero-order valence-corrected chi connectivity index (χ0v) is 11.2. The highest BCUT2D eigenvalue weighted by molar-refractivity contribution is 7.71. The summed E-state index contributed by atoms with van der Waals surface area (Å²) >= 11 is 6.45. The van der Waals surface area contributed by atoms with Gasteiger partial charge in [0.25, 0.3) is 0 Å². The Labute approximate surface area is 111 Å². The monoisotopic (exact) mass is 278 g/mol. The van der Waals surface area contributed by atoms with Crippen LogP contribution >= 0.6 is 23.6 Å². The van der Waals surface area contributed by atoms with Crippen molar-refractivity contribution in [3.8, 4) is 0 Å². The minimum atomic E-state index is -0.0551. The lowest BCUT2D eigenvalue weighted by atomic mass is 10.3. The Bertz CT molecular complexity index is 823. The van der Waals surface area contributed by atoms with E-state index in [1.807, 2.05) is 17.6 Å². The summed E-state index contributed by atoms with van der Waals surface area (Å²) in [6.45, 7) is 2.53. The highest BCUT2D eigenvalue weighted by Crippen LogP contribution is 2.16. The van der Waals surface area contributed by atoms with Gasteiger partial charge in [0, 0.05) is 17.3 Å². The number of nitrogens with one attached hydrogen (secondary N) is 2. The Kier molecular flexibility index (Phi) is 2.64. The fraction of sp³-hybridized carbons (Fsp3) is 0.182. The minimum absolute atomic E-state index is 0.0551. The minimum Gasteiger partial charge on any atom is -0.329 e. The van der Waals surface area contributed by atoms with E-state index in [2.05, 4.69) is 15.0 Å². The number of thiazole rings is 1. The van der Waals surface area contributed by atoms with Crippen LogP contribution in [0.25, 0.3) is 11.2 Å². The molecule has 2 N–H and O–H groups in total. The van der Waals surface area contributed by atoms with E-state index in [0.29, 0.717) is 11.3 Å². The molecule has 0 amide bonds. The maximum Gasteiger partial charge on any atom is 0.304 e. The molecule has 0 aliphatic rings. The van der Waals surface area contributed by atoms with Crippen molar-refractivity contribution in [1.29, 1.82) is 0 Å². The second-order valence-corrected chi connectivity index (χ2v) is 5.25. The standard InChI is InChI=1S/C11H10N4OS2/c1-6-2-3-12-9-8(6)14-10(17)15(9)4-7-5-18-11(16)13-7/h2-3,5H,4H2,1H3,(H,13,16)(H,14,17). The second kappa shape index (κ2) is 4.18. The van der Waals surface area contributed by atoms with Crippen LogP contribution in [0.3, 0.4) is 0 Å². The molecule has 3 aromatic heterocycles. The summed E-state index contributed by atoms with van der Waals surface area (Å²) in [5, 5.41) is 1.80. The Morgan fingerprint density at radius 2 is 2.33 bits per heavy atom. The smallest absolute Gasteiger partial charge is 0.304 e. The zero-order valence-electron chi connectivity index (χ0n) is 9.56. The molecule has 0 aromatic carbocycles. The van der Waals surface area contributed by atoms with Gasteiger partial charge in [-0.15, -0.1) is 0 Å². The third-order valence-electron chi connectivity index (χ3n) is 2.77. The Morgan fingerprint density at radius 1 is 1.50 bits per heavy atom. The van der Waals surface area contributed by atoms with E-state index in [4.69, 9.17) is 12.2 Å². The lowest BCUT2D eigenvalue weighted by Gasteiger charge is -2.01. The Morgan fingerprint density at radius 3 is 3.06 bits per heavy atom. The largest absolute Gasteiger partial charge is 0.329 e. The lowest BCUT2D eigenvalue weighted by Crippen LogP contribution is -2.03. The summed E-state index contributed by atoms with van der Waals surface area (Å²) in [6.07, 6.45) is 1.76. The van der Waals surface area contributed by atoms with E-state index in [0.717, 1.165) is 33.8 Å².